The molecule has 0 unspecified atom stereocenters. The molecule has 100 valence electrons. The minimum atomic E-state index is 0.545. The molecule has 3 rings (SSSR count). The summed E-state index contributed by atoms with van der Waals surface area (Å²) in [6.07, 6.45) is 2.52. The third-order valence-electron chi connectivity index (χ3n) is 2.81. The minimum Gasteiger partial charge on any atom is -0.298 e. The minimum absolute atomic E-state index is 0.545. The smallest absolute Gasteiger partial charge is 0.153 e. The molecule has 0 spiro atoms. The number of aldehydes is 1. The molecule has 0 amide bonds. The Morgan fingerprint density at radius 1 is 1.35 bits per heavy atom. The normalized spacial score (nSPS) is 10.7. The first-order chi connectivity index (χ1) is 9.69. The Morgan fingerprint density at radius 2 is 2.20 bits per heavy atom. The van der Waals surface area contributed by atoms with Gasteiger partial charge in [-0.25, -0.2) is 4.68 Å². The van der Waals surface area contributed by atoms with Crippen LogP contribution in [-0.4, -0.2) is 16.1 Å². The lowest BCUT2D eigenvalue weighted by Crippen LogP contribution is -1.94. The van der Waals surface area contributed by atoms with Gasteiger partial charge in [0.25, 0.3) is 0 Å². The van der Waals surface area contributed by atoms with Crippen molar-refractivity contribution in [2.45, 2.75) is 0 Å². The van der Waals surface area contributed by atoms with Crippen molar-refractivity contribution in [1.29, 1.82) is 0 Å². The largest absolute Gasteiger partial charge is 0.298 e. The fourth-order valence-electron chi connectivity index (χ4n) is 1.88. The standard InChI is InChI=1S/C14H8BrClN2OS/c15-13-8-20-7-12(13)14-9(6-19)5-18(17-14)11-3-1-2-10(16)4-11/h1-8H. The number of benzene rings is 1. The van der Waals surface area contributed by atoms with E-state index in [2.05, 4.69) is 21.0 Å². The van der Waals surface area contributed by atoms with Crippen LogP contribution < -0.4 is 0 Å². The maximum Gasteiger partial charge on any atom is 0.153 e. The van der Waals surface area contributed by atoms with Gasteiger partial charge in [0.15, 0.2) is 6.29 Å². The number of rotatable bonds is 3. The van der Waals surface area contributed by atoms with E-state index in [0.29, 0.717) is 16.3 Å². The molecule has 6 heteroatoms. The molecule has 2 heterocycles. The number of aromatic nitrogens is 2. The molecule has 0 saturated heterocycles. The van der Waals surface area contributed by atoms with Crippen LogP contribution in [0.15, 0.2) is 45.7 Å². The fourth-order valence-corrected chi connectivity index (χ4v) is 3.54. The number of halogens is 2. The Bertz CT molecular complexity index is 781. The predicted octanol–water partition coefficient (Wildman–Crippen LogP) is 4.83. The SMILES string of the molecule is O=Cc1cn(-c2cccc(Cl)c2)nc1-c1cscc1Br. The second kappa shape index (κ2) is 5.52. The Hall–Kier alpha value is -1.43. The number of nitrogens with zero attached hydrogens (tertiary/aromatic N) is 2. The summed E-state index contributed by atoms with van der Waals surface area (Å²) in [5.41, 5.74) is 2.94. The summed E-state index contributed by atoms with van der Waals surface area (Å²) in [6, 6.07) is 7.33. The number of hydrogen-bond donors (Lipinski definition) is 0. The number of carbonyl (C=O) groups is 1. The van der Waals surface area contributed by atoms with Gasteiger partial charge in [-0.15, -0.1) is 0 Å². The number of thiophene rings is 1. The van der Waals surface area contributed by atoms with Crippen molar-refractivity contribution in [3.63, 3.8) is 0 Å². The summed E-state index contributed by atoms with van der Waals surface area (Å²) in [5, 5.41) is 9.05. The van der Waals surface area contributed by atoms with Crippen LogP contribution in [0.1, 0.15) is 10.4 Å². The summed E-state index contributed by atoms with van der Waals surface area (Å²) in [7, 11) is 0. The molecular formula is C14H8BrClN2OS. The predicted molar refractivity (Wildman–Crippen MR) is 85.0 cm³/mol. The third-order valence-corrected chi connectivity index (χ3v) is 4.75. The van der Waals surface area contributed by atoms with E-state index in [4.69, 9.17) is 11.6 Å². The molecule has 0 aliphatic carbocycles. The number of hydrogen-bond acceptors (Lipinski definition) is 3. The highest BCUT2D eigenvalue weighted by molar-refractivity contribution is 9.10. The lowest BCUT2D eigenvalue weighted by molar-refractivity contribution is 0.112. The highest BCUT2D eigenvalue weighted by Gasteiger charge is 2.15. The highest BCUT2D eigenvalue weighted by Crippen LogP contribution is 2.32. The summed E-state index contributed by atoms with van der Waals surface area (Å²) < 4.78 is 2.59. The second-order valence-corrected chi connectivity index (χ2v) is 6.14. The van der Waals surface area contributed by atoms with Crippen molar-refractivity contribution in [1.82, 2.24) is 9.78 Å². The molecule has 20 heavy (non-hydrogen) atoms. The van der Waals surface area contributed by atoms with Crippen molar-refractivity contribution in [2.24, 2.45) is 0 Å². The first kappa shape index (κ1) is 13.5. The molecule has 0 atom stereocenters. The molecule has 1 aromatic carbocycles. The third kappa shape index (κ3) is 2.44. The van der Waals surface area contributed by atoms with Crippen LogP contribution in [0.4, 0.5) is 0 Å². The van der Waals surface area contributed by atoms with E-state index in [9.17, 15) is 4.79 Å². The zero-order chi connectivity index (χ0) is 14.1. The van der Waals surface area contributed by atoms with Gasteiger partial charge in [-0.3, -0.25) is 4.79 Å². The van der Waals surface area contributed by atoms with Gasteiger partial charge < -0.3 is 0 Å². The average molecular weight is 368 g/mol. The van der Waals surface area contributed by atoms with Crippen LogP contribution in [0.25, 0.3) is 16.9 Å². The van der Waals surface area contributed by atoms with E-state index < -0.39 is 0 Å². The van der Waals surface area contributed by atoms with Crippen LogP contribution in [-0.2, 0) is 0 Å². The highest BCUT2D eigenvalue weighted by atomic mass is 79.9. The van der Waals surface area contributed by atoms with Crippen LogP contribution in [0, 0.1) is 0 Å². The van der Waals surface area contributed by atoms with Crippen molar-refractivity contribution in [3.05, 3.63) is 56.3 Å². The van der Waals surface area contributed by atoms with Gasteiger partial charge in [-0.1, -0.05) is 17.7 Å². The maximum atomic E-state index is 11.3. The van der Waals surface area contributed by atoms with Crippen LogP contribution >= 0.6 is 38.9 Å². The first-order valence-corrected chi connectivity index (χ1v) is 7.83. The summed E-state index contributed by atoms with van der Waals surface area (Å²) in [4.78, 5) is 11.3. The van der Waals surface area contributed by atoms with Crippen LogP contribution in [0.2, 0.25) is 5.02 Å². The van der Waals surface area contributed by atoms with Crippen LogP contribution in [0.3, 0.4) is 0 Å². The van der Waals surface area contributed by atoms with E-state index in [1.165, 1.54) is 0 Å². The molecule has 0 aliphatic heterocycles. The van der Waals surface area contributed by atoms with Gasteiger partial charge in [-0.05, 0) is 34.1 Å². The van der Waals surface area contributed by atoms with Gasteiger partial charge in [0.05, 0.1) is 11.3 Å². The maximum absolute atomic E-state index is 11.3. The van der Waals surface area contributed by atoms with E-state index in [1.807, 2.05) is 22.9 Å². The van der Waals surface area contributed by atoms with E-state index in [0.717, 1.165) is 22.0 Å². The quantitative estimate of drug-likeness (QED) is 0.622. The van der Waals surface area contributed by atoms with Crippen LogP contribution in [0.5, 0.6) is 0 Å². The summed E-state index contributed by atoms with van der Waals surface area (Å²) >= 11 is 11.0. The molecule has 2 aromatic heterocycles. The number of carbonyl (C=O) groups excluding carboxylic acids is 1. The second-order valence-electron chi connectivity index (χ2n) is 4.11. The lowest BCUT2D eigenvalue weighted by atomic mass is 10.2. The van der Waals surface area contributed by atoms with Crippen molar-refractivity contribution in [2.75, 3.05) is 0 Å². The van der Waals surface area contributed by atoms with Crippen molar-refractivity contribution >= 4 is 45.2 Å². The van der Waals surface area contributed by atoms with Gasteiger partial charge in [0, 0.05) is 32.0 Å². The molecule has 0 fully saturated rings. The Labute approximate surface area is 132 Å². The topological polar surface area (TPSA) is 34.9 Å². The first-order valence-electron chi connectivity index (χ1n) is 5.72. The summed E-state index contributed by atoms with van der Waals surface area (Å²) in [5.74, 6) is 0. The molecule has 0 radical (unpaired) electrons. The molecule has 0 N–H and O–H groups in total. The van der Waals surface area contributed by atoms with E-state index >= 15 is 0 Å². The lowest BCUT2D eigenvalue weighted by Gasteiger charge is -2.01. The molecule has 0 aliphatic rings. The Balaban J connectivity index is 2.14. The zero-order valence-corrected chi connectivity index (χ0v) is 13.2. The molecule has 0 saturated carbocycles. The fraction of sp³-hybridized carbons (Fsp3) is 0. The van der Waals surface area contributed by atoms with Gasteiger partial charge >= 0.3 is 0 Å². The molecule has 3 aromatic rings. The monoisotopic (exact) mass is 366 g/mol. The van der Waals surface area contributed by atoms with Gasteiger partial charge in [0.1, 0.15) is 5.69 Å². The molecular weight excluding hydrogens is 360 g/mol. The van der Waals surface area contributed by atoms with Gasteiger partial charge in [-0.2, -0.15) is 16.4 Å². The zero-order valence-electron chi connectivity index (χ0n) is 10.1. The molecule has 0 bridgehead atoms. The van der Waals surface area contributed by atoms with Crippen molar-refractivity contribution < 1.29 is 4.79 Å². The Kier molecular flexibility index (Phi) is 3.74. The molecule has 3 nitrogen and oxygen atoms in total. The van der Waals surface area contributed by atoms with Crippen molar-refractivity contribution in [3.8, 4) is 16.9 Å². The Morgan fingerprint density at radius 3 is 2.85 bits per heavy atom. The van der Waals surface area contributed by atoms with E-state index in [-0.39, 0.29) is 0 Å². The average Bonchev–Trinajstić information content (AvgIpc) is 3.04. The summed E-state index contributed by atoms with van der Waals surface area (Å²) in [6.45, 7) is 0. The van der Waals surface area contributed by atoms with Gasteiger partial charge in [0.2, 0.25) is 0 Å². The van der Waals surface area contributed by atoms with E-state index in [1.54, 1.807) is 34.3 Å².